The maximum atomic E-state index is 12.3. The topological polar surface area (TPSA) is 256 Å². The number of ether oxygens (including phenoxy) is 1. The molecule has 1 amide bonds. The Hall–Kier alpha value is -2.56. The van der Waals surface area contributed by atoms with E-state index in [4.69, 9.17) is 14.5 Å². The molecule has 2 aromatic heterocycles. The van der Waals surface area contributed by atoms with E-state index in [-0.39, 0.29) is 16.6 Å². The molecule has 19 heteroatoms. The SMILES string of the molecule is C[C@@]1(O)[C@H](O)[C@@H](COP(=O)(O)OP(=O)(O)O)O[C@H]1n1cc2c(NC=O)cc3c(=O)[nH]ncc(n1)c23. The Morgan fingerprint density at radius 2 is 2.06 bits per heavy atom. The zero-order valence-electron chi connectivity index (χ0n) is 17.6. The van der Waals surface area contributed by atoms with E-state index >= 15 is 0 Å². The van der Waals surface area contributed by atoms with Gasteiger partial charge in [0.25, 0.3) is 5.56 Å². The summed E-state index contributed by atoms with van der Waals surface area (Å²) in [5.41, 5.74) is -2.23. The fourth-order valence-corrected chi connectivity index (χ4v) is 5.39. The van der Waals surface area contributed by atoms with Crippen LogP contribution < -0.4 is 10.9 Å². The van der Waals surface area contributed by atoms with Crippen molar-refractivity contribution >= 4 is 49.4 Å². The third kappa shape index (κ3) is 4.92. The molecule has 35 heavy (non-hydrogen) atoms. The summed E-state index contributed by atoms with van der Waals surface area (Å²) in [6, 6.07) is 1.40. The van der Waals surface area contributed by atoms with Gasteiger partial charge in [-0.1, -0.05) is 0 Å². The van der Waals surface area contributed by atoms with Crippen molar-refractivity contribution in [2.75, 3.05) is 11.9 Å². The van der Waals surface area contributed by atoms with Crippen molar-refractivity contribution in [3.8, 4) is 0 Å². The summed E-state index contributed by atoms with van der Waals surface area (Å²) in [5.74, 6) is 0. The van der Waals surface area contributed by atoms with Crippen molar-refractivity contribution < 1.29 is 52.4 Å². The Bertz CT molecular complexity index is 1450. The number of carbonyl (C=O) groups excluding carboxylic acids is 1. The van der Waals surface area contributed by atoms with Crippen LogP contribution in [0, 0.1) is 0 Å². The van der Waals surface area contributed by atoms with Crippen LogP contribution in [0.4, 0.5) is 5.69 Å². The van der Waals surface area contributed by atoms with Crippen LogP contribution in [0.1, 0.15) is 13.2 Å². The van der Waals surface area contributed by atoms with Crippen molar-refractivity contribution in [1.82, 2.24) is 20.0 Å². The number of aliphatic hydroxyl groups is 2. The summed E-state index contributed by atoms with van der Waals surface area (Å²) >= 11 is 0. The normalized spacial score (nSPS) is 26.7. The van der Waals surface area contributed by atoms with Gasteiger partial charge < -0.3 is 34.9 Å². The van der Waals surface area contributed by atoms with Crippen LogP contribution in [0.15, 0.2) is 23.3 Å². The van der Waals surface area contributed by atoms with Gasteiger partial charge in [-0.2, -0.15) is 14.5 Å². The Labute approximate surface area is 194 Å². The second kappa shape index (κ2) is 8.83. The zero-order valence-corrected chi connectivity index (χ0v) is 19.4. The summed E-state index contributed by atoms with van der Waals surface area (Å²) in [6.45, 7) is 0.277. The highest BCUT2D eigenvalue weighted by Gasteiger charge is 2.54. The molecular weight excluding hydrogens is 516 g/mol. The number of H-pyrrole nitrogens is 1. The number of anilines is 1. The summed E-state index contributed by atoms with van der Waals surface area (Å²) in [4.78, 5) is 50.2. The predicted molar refractivity (Wildman–Crippen MR) is 115 cm³/mol. The Morgan fingerprint density at radius 3 is 2.71 bits per heavy atom. The number of aromatic amines is 1. The van der Waals surface area contributed by atoms with Gasteiger partial charge in [-0.15, -0.1) is 0 Å². The zero-order chi connectivity index (χ0) is 25.8. The standard InChI is InChI=1S/C16H19N5O12P2/c1-16(25)13(23)11(5-31-35(29,30)33-34(26,27)28)32-15(16)21-4-8-9(17-6-22)2-7-12(8)10(20-21)3-18-19-14(7)24/h2-4,6,11,13,15,23,25H,5H2,1H3,(H,17,22)(H,19,24)(H,29,30)(H2,26,27,28)/t11-,13-,15-,16-/m1/s1. The molecule has 0 saturated carbocycles. The van der Waals surface area contributed by atoms with E-state index in [1.165, 1.54) is 25.4 Å². The predicted octanol–water partition coefficient (Wildman–Crippen LogP) is -0.923. The van der Waals surface area contributed by atoms with Gasteiger partial charge in [-0.25, -0.2) is 18.9 Å². The van der Waals surface area contributed by atoms with E-state index in [9.17, 15) is 33.8 Å². The van der Waals surface area contributed by atoms with Gasteiger partial charge in [0.05, 0.1) is 23.9 Å². The van der Waals surface area contributed by atoms with Crippen molar-refractivity contribution in [2.45, 2.75) is 31.0 Å². The van der Waals surface area contributed by atoms with Crippen molar-refractivity contribution in [1.29, 1.82) is 0 Å². The minimum Gasteiger partial charge on any atom is -0.387 e. The lowest BCUT2D eigenvalue weighted by Crippen LogP contribution is -2.44. The molecule has 0 radical (unpaired) electrons. The second-order valence-electron chi connectivity index (χ2n) is 7.75. The third-order valence-corrected chi connectivity index (χ3v) is 7.43. The van der Waals surface area contributed by atoms with Crippen LogP contribution in [0.2, 0.25) is 0 Å². The summed E-state index contributed by atoms with van der Waals surface area (Å²) in [5, 5.41) is 35.1. The highest BCUT2D eigenvalue weighted by Crippen LogP contribution is 2.58. The van der Waals surface area contributed by atoms with E-state index in [2.05, 4.69) is 29.4 Å². The van der Waals surface area contributed by atoms with Gasteiger partial charge in [-0.05, 0) is 13.0 Å². The first kappa shape index (κ1) is 25.5. The number of amides is 1. The number of phosphoric ester groups is 1. The number of rotatable bonds is 8. The summed E-state index contributed by atoms with van der Waals surface area (Å²) in [6.07, 6.45) is -1.68. The minimum atomic E-state index is -5.37. The van der Waals surface area contributed by atoms with Crippen molar-refractivity contribution in [2.24, 2.45) is 0 Å². The van der Waals surface area contributed by atoms with Gasteiger partial charge in [0.1, 0.15) is 23.3 Å². The van der Waals surface area contributed by atoms with Crippen molar-refractivity contribution in [3.05, 3.63) is 28.8 Å². The molecule has 1 saturated heterocycles. The molecule has 3 aromatic rings. The van der Waals surface area contributed by atoms with E-state index in [0.717, 1.165) is 4.68 Å². The minimum absolute atomic E-state index is 0.151. The maximum absolute atomic E-state index is 12.3. The number of aliphatic hydroxyl groups excluding tert-OH is 1. The average Bonchev–Trinajstić information content (AvgIpc) is 3.14. The quantitative estimate of drug-likeness (QED) is 0.136. The first-order valence-electron chi connectivity index (χ1n) is 9.63. The fourth-order valence-electron chi connectivity index (χ4n) is 3.79. The Morgan fingerprint density at radius 1 is 1.34 bits per heavy atom. The molecule has 0 spiro atoms. The molecule has 5 atom stereocenters. The molecule has 3 heterocycles. The van der Waals surface area contributed by atoms with Crippen molar-refractivity contribution in [3.63, 3.8) is 0 Å². The average molecular weight is 535 g/mol. The van der Waals surface area contributed by atoms with E-state index in [1.54, 1.807) is 0 Å². The monoisotopic (exact) mass is 535 g/mol. The lowest BCUT2D eigenvalue weighted by molar-refractivity contribution is -0.105. The van der Waals surface area contributed by atoms with E-state index in [0.29, 0.717) is 17.2 Å². The first-order valence-corrected chi connectivity index (χ1v) is 12.7. The molecule has 4 rings (SSSR count). The number of nitrogens with zero attached hydrogens (tertiary/aromatic N) is 3. The Kier molecular flexibility index (Phi) is 6.44. The van der Waals surface area contributed by atoms with Gasteiger partial charge in [0, 0.05) is 17.0 Å². The molecule has 17 nitrogen and oxygen atoms in total. The fraction of sp³-hybridized carbons (Fsp3) is 0.375. The lowest BCUT2D eigenvalue weighted by atomic mass is 9.97. The number of aromatic nitrogens is 4. The molecule has 190 valence electrons. The third-order valence-electron chi connectivity index (χ3n) is 5.28. The van der Waals surface area contributed by atoms with Gasteiger partial charge in [0.2, 0.25) is 6.41 Å². The van der Waals surface area contributed by atoms with Gasteiger partial charge in [0.15, 0.2) is 6.23 Å². The molecule has 1 aliphatic heterocycles. The molecular formula is C16H19N5O12P2. The largest absolute Gasteiger partial charge is 0.481 e. The molecule has 0 aliphatic carbocycles. The molecule has 1 fully saturated rings. The highest BCUT2D eigenvalue weighted by atomic mass is 31.3. The number of hydrogen-bond donors (Lipinski definition) is 7. The van der Waals surface area contributed by atoms with E-state index < -0.39 is 51.8 Å². The molecule has 1 aliphatic rings. The van der Waals surface area contributed by atoms with Gasteiger partial charge in [-0.3, -0.25) is 14.1 Å². The molecule has 1 aromatic carbocycles. The van der Waals surface area contributed by atoms with Crippen LogP contribution in [0.25, 0.3) is 21.7 Å². The van der Waals surface area contributed by atoms with Gasteiger partial charge >= 0.3 is 15.6 Å². The maximum Gasteiger partial charge on any atom is 0.481 e. The van der Waals surface area contributed by atoms with E-state index in [1.807, 2.05) is 0 Å². The highest BCUT2D eigenvalue weighted by molar-refractivity contribution is 7.60. The van der Waals surface area contributed by atoms with Crippen LogP contribution >= 0.6 is 15.6 Å². The number of nitrogens with one attached hydrogen (secondary N) is 2. The smallest absolute Gasteiger partial charge is 0.387 e. The summed E-state index contributed by atoms with van der Waals surface area (Å²) in [7, 11) is -10.6. The molecule has 0 bridgehead atoms. The molecule has 1 unspecified atom stereocenters. The number of hydrogen-bond acceptors (Lipinski definition) is 11. The lowest BCUT2D eigenvalue weighted by Gasteiger charge is -2.27. The van der Waals surface area contributed by atoms with Crippen LogP contribution in [0.5, 0.6) is 0 Å². The summed E-state index contributed by atoms with van der Waals surface area (Å²) < 4.78 is 37.4. The number of carbonyl (C=O) groups is 1. The Balaban J connectivity index is 1.71. The van der Waals surface area contributed by atoms with Crippen LogP contribution in [-0.4, -0.2) is 75.7 Å². The molecule has 7 N–H and O–H groups in total. The second-order valence-corrected chi connectivity index (χ2v) is 10.6. The van der Waals surface area contributed by atoms with Crippen LogP contribution in [-0.2, 0) is 27.5 Å². The number of phosphoric acid groups is 2. The van der Waals surface area contributed by atoms with Crippen LogP contribution in [0.3, 0.4) is 0 Å². The first-order chi connectivity index (χ1) is 16.2.